The molecule has 0 unspecified atom stereocenters. The Kier molecular flexibility index (Phi) is 4.68. The summed E-state index contributed by atoms with van der Waals surface area (Å²) in [5.74, 6) is -0.593. The fourth-order valence-corrected chi connectivity index (χ4v) is 1.46. The predicted molar refractivity (Wildman–Crippen MR) is 46.2 cm³/mol. The van der Waals surface area contributed by atoms with Gasteiger partial charge in [0.1, 0.15) is 5.76 Å². The van der Waals surface area contributed by atoms with Gasteiger partial charge in [0.25, 0.3) is 0 Å². The van der Waals surface area contributed by atoms with Gasteiger partial charge in [-0.2, -0.15) is 0 Å². The molecular formula is C5H7Cl2O4P. The maximum absolute atomic E-state index is 10.6. The Morgan fingerprint density at radius 2 is 2.00 bits per heavy atom. The molecule has 0 saturated heterocycles. The number of hydrogen-bond donors (Lipinski definition) is 0. The molecule has 70 valence electrons. The van der Waals surface area contributed by atoms with E-state index in [9.17, 15) is 9.36 Å². The minimum absolute atomic E-state index is 0.0372. The molecular weight excluding hydrogens is 226 g/mol. The third-order valence-electron chi connectivity index (χ3n) is 0.773. The molecule has 0 amide bonds. The van der Waals surface area contributed by atoms with Gasteiger partial charge in [-0.25, -0.2) is 9.36 Å². The van der Waals surface area contributed by atoms with Crippen LogP contribution in [0.25, 0.3) is 0 Å². The van der Waals surface area contributed by atoms with E-state index in [1.165, 1.54) is 14.0 Å². The van der Waals surface area contributed by atoms with Crippen molar-refractivity contribution < 1.29 is 18.6 Å². The normalized spacial score (nSPS) is 12.5. The first kappa shape index (κ1) is 11.8. The highest BCUT2D eigenvalue weighted by atomic mass is 35.9. The highest BCUT2D eigenvalue weighted by molar-refractivity contribution is 8.05. The number of esters is 1. The topological polar surface area (TPSA) is 52.6 Å². The zero-order valence-electron chi connectivity index (χ0n) is 6.41. The van der Waals surface area contributed by atoms with E-state index in [-0.39, 0.29) is 5.76 Å². The van der Waals surface area contributed by atoms with Crippen LogP contribution in [0.5, 0.6) is 0 Å². The van der Waals surface area contributed by atoms with Crippen LogP contribution in [0.1, 0.15) is 6.92 Å². The fraction of sp³-hybridized carbons (Fsp3) is 0.400. The van der Waals surface area contributed by atoms with Crippen LogP contribution in [-0.4, -0.2) is 13.1 Å². The van der Waals surface area contributed by atoms with Crippen LogP contribution in [-0.2, 0) is 18.6 Å². The Morgan fingerprint density at radius 1 is 1.50 bits per heavy atom. The molecule has 12 heavy (non-hydrogen) atoms. The molecule has 0 radical (unpaired) electrons. The van der Waals surface area contributed by atoms with Gasteiger partial charge in [0.2, 0.25) is 0 Å². The molecule has 0 aromatic carbocycles. The largest absolute Gasteiger partial charge is 0.466 e. The van der Waals surface area contributed by atoms with Crippen molar-refractivity contribution in [1.82, 2.24) is 0 Å². The molecule has 0 atom stereocenters. The second-order valence-corrected chi connectivity index (χ2v) is 5.98. The summed E-state index contributed by atoms with van der Waals surface area (Å²) in [7, 11) is 1.20. The van der Waals surface area contributed by atoms with Crippen LogP contribution >= 0.6 is 28.6 Å². The van der Waals surface area contributed by atoms with Crippen molar-refractivity contribution in [2.75, 3.05) is 7.11 Å². The molecule has 0 N–H and O–H groups in total. The number of carbonyl (C=O) groups excluding carboxylic acids is 1. The van der Waals surface area contributed by atoms with Gasteiger partial charge in [-0.3, -0.25) is 0 Å². The van der Waals surface area contributed by atoms with E-state index in [2.05, 4.69) is 9.26 Å². The van der Waals surface area contributed by atoms with Gasteiger partial charge < -0.3 is 9.26 Å². The Balaban J connectivity index is 4.22. The molecule has 7 heteroatoms. The van der Waals surface area contributed by atoms with Gasteiger partial charge in [0, 0.05) is 22.5 Å². The number of hydrogen-bond acceptors (Lipinski definition) is 4. The molecule has 0 aromatic rings. The highest BCUT2D eigenvalue weighted by Gasteiger charge is 2.16. The van der Waals surface area contributed by atoms with E-state index in [4.69, 9.17) is 22.5 Å². The lowest BCUT2D eigenvalue weighted by atomic mass is 10.5. The van der Waals surface area contributed by atoms with Crippen LogP contribution in [0.4, 0.5) is 0 Å². The van der Waals surface area contributed by atoms with Crippen molar-refractivity contribution in [3.05, 3.63) is 11.8 Å². The van der Waals surface area contributed by atoms with Gasteiger partial charge in [-0.1, -0.05) is 0 Å². The first-order chi connectivity index (χ1) is 5.35. The molecule has 0 aliphatic heterocycles. The molecule has 0 aliphatic carbocycles. The minimum atomic E-state index is -3.62. The zero-order chi connectivity index (χ0) is 9.78. The molecule has 0 aliphatic rings. The van der Waals surface area contributed by atoms with Crippen molar-refractivity contribution in [2.24, 2.45) is 0 Å². The Bertz CT molecular complexity index is 244. The smallest absolute Gasteiger partial charge is 0.427 e. The molecule has 0 spiro atoms. The van der Waals surface area contributed by atoms with E-state index in [0.29, 0.717) is 0 Å². The monoisotopic (exact) mass is 232 g/mol. The van der Waals surface area contributed by atoms with Gasteiger partial charge >= 0.3 is 12.0 Å². The van der Waals surface area contributed by atoms with Crippen LogP contribution in [0.2, 0.25) is 0 Å². The summed E-state index contributed by atoms with van der Waals surface area (Å²) in [5.41, 5.74) is 0. The molecule has 0 rings (SSSR count). The Morgan fingerprint density at radius 3 is 2.33 bits per heavy atom. The fourth-order valence-electron chi connectivity index (χ4n) is 0.419. The zero-order valence-corrected chi connectivity index (χ0v) is 8.82. The predicted octanol–water partition coefficient (Wildman–Crippen LogP) is 2.67. The lowest BCUT2D eigenvalue weighted by Crippen LogP contribution is -1.96. The molecule has 0 saturated carbocycles. The molecule has 0 heterocycles. The van der Waals surface area contributed by atoms with Gasteiger partial charge in [-0.05, 0) is 6.92 Å². The summed E-state index contributed by atoms with van der Waals surface area (Å²) in [6.07, 6.45) is -2.64. The summed E-state index contributed by atoms with van der Waals surface area (Å²) in [5, 5.41) is 0. The van der Waals surface area contributed by atoms with Gasteiger partial charge in [0.05, 0.1) is 13.2 Å². The maximum atomic E-state index is 10.6. The summed E-state index contributed by atoms with van der Waals surface area (Å²) in [4.78, 5) is 10.6. The Labute approximate surface area is 79.5 Å². The lowest BCUT2D eigenvalue weighted by molar-refractivity contribution is -0.135. The number of rotatable bonds is 3. The van der Waals surface area contributed by atoms with Crippen molar-refractivity contribution in [3.63, 3.8) is 0 Å². The van der Waals surface area contributed by atoms with Crippen LogP contribution in [0.15, 0.2) is 11.8 Å². The number of allylic oxidation sites excluding steroid dienone is 1. The average molecular weight is 233 g/mol. The molecule has 0 fully saturated rings. The van der Waals surface area contributed by atoms with E-state index in [1.807, 2.05) is 0 Å². The number of carbonyl (C=O) groups is 1. The minimum Gasteiger partial charge on any atom is -0.466 e. The Hall–Kier alpha value is -0.180. The molecule has 0 bridgehead atoms. The van der Waals surface area contributed by atoms with Gasteiger partial charge in [-0.15, -0.1) is 0 Å². The van der Waals surface area contributed by atoms with E-state index in [0.717, 1.165) is 6.08 Å². The van der Waals surface area contributed by atoms with Crippen LogP contribution < -0.4 is 0 Å². The standard InChI is InChI=1S/C5H7Cl2O4P/c1-4(3-5(8)10-2)11-12(6,7)9/h3H,1-2H3. The second kappa shape index (κ2) is 4.75. The quantitative estimate of drug-likeness (QED) is 0.325. The summed E-state index contributed by atoms with van der Waals surface area (Å²) in [6, 6.07) is 0. The first-order valence-corrected chi connectivity index (χ1v) is 6.24. The third kappa shape index (κ3) is 6.53. The van der Waals surface area contributed by atoms with Crippen molar-refractivity contribution in [3.8, 4) is 0 Å². The SMILES string of the molecule is COC(=O)C=C(C)OP(=O)(Cl)Cl. The van der Waals surface area contributed by atoms with Crippen LogP contribution in [0, 0.1) is 0 Å². The first-order valence-electron chi connectivity index (χ1n) is 2.80. The van der Waals surface area contributed by atoms with Crippen molar-refractivity contribution in [1.29, 1.82) is 0 Å². The van der Waals surface area contributed by atoms with E-state index in [1.54, 1.807) is 0 Å². The lowest BCUT2D eigenvalue weighted by Gasteiger charge is -2.04. The molecule has 4 nitrogen and oxygen atoms in total. The number of ether oxygens (including phenoxy) is 1. The van der Waals surface area contributed by atoms with Crippen molar-refractivity contribution >= 4 is 34.5 Å². The summed E-state index contributed by atoms with van der Waals surface area (Å²) >= 11 is 10.1. The second-order valence-electron chi connectivity index (χ2n) is 1.78. The van der Waals surface area contributed by atoms with Crippen molar-refractivity contribution in [2.45, 2.75) is 6.92 Å². The van der Waals surface area contributed by atoms with Gasteiger partial charge in [0.15, 0.2) is 0 Å². The van der Waals surface area contributed by atoms with E-state index >= 15 is 0 Å². The molecule has 0 aromatic heterocycles. The summed E-state index contributed by atoms with van der Waals surface area (Å²) < 4.78 is 19.3. The average Bonchev–Trinajstić information content (AvgIpc) is 1.82. The van der Waals surface area contributed by atoms with E-state index < -0.39 is 12.0 Å². The highest BCUT2D eigenvalue weighted by Crippen LogP contribution is 2.59. The van der Waals surface area contributed by atoms with Crippen LogP contribution in [0.3, 0.4) is 0 Å². The number of methoxy groups -OCH3 is 1. The summed E-state index contributed by atoms with van der Waals surface area (Å²) in [6.45, 7) is 1.38. The number of halogens is 2. The maximum Gasteiger partial charge on any atom is 0.427 e. The third-order valence-corrected chi connectivity index (χ3v) is 1.69.